The van der Waals surface area contributed by atoms with Crippen molar-refractivity contribution >= 4 is 17.9 Å². The van der Waals surface area contributed by atoms with Crippen molar-refractivity contribution in [3.05, 3.63) is 33.4 Å². The topological polar surface area (TPSA) is 110 Å². The van der Waals surface area contributed by atoms with Crippen molar-refractivity contribution < 1.29 is 19.6 Å². The van der Waals surface area contributed by atoms with E-state index in [2.05, 4.69) is 17.2 Å². The van der Waals surface area contributed by atoms with Crippen molar-refractivity contribution in [1.82, 2.24) is 5.32 Å². The van der Waals surface area contributed by atoms with Gasteiger partial charge in [-0.2, -0.15) is 0 Å². The Bertz CT molecular complexity index is 598. The highest BCUT2D eigenvalue weighted by Crippen LogP contribution is 2.29. The Hall–Kier alpha value is -2.88. The summed E-state index contributed by atoms with van der Waals surface area (Å²) in [6.07, 6.45) is 0.307. The molecule has 0 saturated heterocycles. The Morgan fingerprint density at radius 1 is 1.58 bits per heavy atom. The molecule has 19 heavy (non-hydrogen) atoms. The van der Waals surface area contributed by atoms with Crippen LogP contribution in [0.5, 0.6) is 5.75 Å². The normalized spacial score (nSPS) is 9.11. The average Bonchev–Trinajstić information content (AvgIpc) is 2.35. The van der Waals surface area contributed by atoms with Crippen molar-refractivity contribution in [1.29, 1.82) is 0 Å². The van der Waals surface area contributed by atoms with E-state index in [4.69, 9.17) is 0 Å². The molecule has 0 aliphatic rings. The fourth-order valence-electron chi connectivity index (χ4n) is 1.26. The van der Waals surface area contributed by atoms with Gasteiger partial charge in [0, 0.05) is 18.6 Å². The number of rotatable bonds is 3. The molecule has 2 N–H and O–H groups in total. The first-order chi connectivity index (χ1) is 8.95. The molecule has 1 rings (SSSR count). The maximum Gasteiger partial charge on any atom is 0.312 e. The molecule has 0 radical (unpaired) electrons. The van der Waals surface area contributed by atoms with E-state index in [0.717, 1.165) is 6.07 Å². The lowest BCUT2D eigenvalue weighted by Crippen LogP contribution is -2.19. The summed E-state index contributed by atoms with van der Waals surface area (Å²) < 4.78 is 0. The molecule has 0 aromatic heterocycles. The van der Waals surface area contributed by atoms with Crippen LogP contribution in [0.15, 0.2) is 12.1 Å². The van der Waals surface area contributed by atoms with Crippen LogP contribution in [0.4, 0.5) is 5.69 Å². The van der Waals surface area contributed by atoms with Crippen LogP contribution >= 0.6 is 0 Å². The number of nitrogens with one attached hydrogen (secondary N) is 1. The van der Waals surface area contributed by atoms with Crippen LogP contribution in [0.25, 0.3) is 0 Å². The number of aldehydes is 1. The minimum Gasteiger partial charge on any atom is -0.502 e. The van der Waals surface area contributed by atoms with Crippen molar-refractivity contribution in [3.63, 3.8) is 0 Å². The van der Waals surface area contributed by atoms with Gasteiger partial charge in [-0.05, 0) is 6.07 Å². The number of hydrogen-bond acceptors (Lipinski definition) is 5. The lowest BCUT2D eigenvalue weighted by atomic mass is 10.1. The van der Waals surface area contributed by atoms with Crippen LogP contribution < -0.4 is 5.32 Å². The van der Waals surface area contributed by atoms with Crippen molar-refractivity contribution in [2.75, 3.05) is 6.54 Å². The Morgan fingerprint density at radius 2 is 2.26 bits per heavy atom. The standard InChI is InChI=1S/C12H10N2O5/c1-8(16)13-4-2-3-9-5-10(7-15)12(17)11(6-9)14(18)19/h5-7,17H,4H2,1H3,(H,13,16). The number of hydrogen-bond donors (Lipinski definition) is 2. The van der Waals surface area contributed by atoms with Crippen LogP contribution in [0.2, 0.25) is 0 Å². The highest BCUT2D eigenvalue weighted by Gasteiger charge is 2.18. The second kappa shape index (κ2) is 6.16. The first-order valence-electron chi connectivity index (χ1n) is 5.15. The van der Waals surface area contributed by atoms with E-state index in [1.807, 2.05) is 0 Å². The number of aromatic hydroxyl groups is 1. The van der Waals surface area contributed by atoms with Crippen LogP contribution in [-0.4, -0.2) is 28.8 Å². The summed E-state index contributed by atoms with van der Waals surface area (Å²) in [5.41, 5.74) is -0.594. The molecule has 7 heteroatoms. The molecule has 0 saturated carbocycles. The van der Waals surface area contributed by atoms with E-state index in [0.29, 0.717) is 6.29 Å². The summed E-state index contributed by atoms with van der Waals surface area (Å²) in [6, 6.07) is 2.29. The van der Waals surface area contributed by atoms with Gasteiger partial charge in [0.1, 0.15) is 0 Å². The molecule has 7 nitrogen and oxygen atoms in total. The first kappa shape index (κ1) is 14.2. The lowest BCUT2D eigenvalue weighted by molar-refractivity contribution is -0.385. The Labute approximate surface area is 108 Å². The quantitative estimate of drug-likeness (QED) is 0.359. The van der Waals surface area contributed by atoms with Gasteiger partial charge in [-0.15, -0.1) is 0 Å². The SMILES string of the molecule is CC(=O)NCC#Cc1cc(C=O)c(O)c([N+](=O)[O-])c1. The van der Waals surface area contributed by atoms with Crippen LogP contribution in [0.1, 0.15) is 22.8 Å². The Morgan fingerprint density at radius 3 is 2.79 bits per heavy atom. The van der Waals surface area contributed by atoms with Gasteiger partial charge in [0.25, 0.3) is 0 Å². The molecule has 0 atom stereocenters. The summed E-state index contributed by atoms with van der Waals surface area (Å²) in [4.78, 5) is 31.2. The Kier molecular flexibility index (Phi) is 4.60. The van der Waals surface area contributed by atoms with E-state index in [1.165, 1.54) is 13.0 Å². The highest BCUT2D eigenvalue weighted by atomic mass is 16.6. The molecule has 0 aliphatic heterocycles. The summed E-state index contributed by atoms with van der Waals surface area (Å²) in [5.74, 6) is 4.19. The average molecular weight is 262 g/mol. The van der Waals surface area contributed by atoms with E-state index < -0.39 is 16.4 Å². The van der Waals surface area contributed by atoms with Crippen LogP contribution in [-0.2, 0) is 4.79 Å². The zero-order valence-electron chi connectivity index (χ0n) is 9.97. The monoisotopic (exact) mass is 262 g/mol. The molecule has 1 aromatic carbocycles. The van der Waals surface area contributed by atoms with Crippen molar-refractivity contribution in [3.8, 4) is 17.6 Å². The molecule has 1 amide bonds. The number of nitro groups is 1. The van der Waals surface area contributed by atoms with Crippen LogP contribution in [0.3, 0.4) is 0 Å². The maximum atomic E-state index is 10.7. The zero-order valence-corrected chi connectivity index (χ0v) is 9.97. The minimum atomic E-state index is -0.804. The number of phenolic OH excluding ortho intramolecular Hbond substituents is 1. The third-order valence-electron chi connectivity index (χ3n) is 2.10. The molecule has 0 fully saturated rings. The summed E-state index contributed by atoms with van der Waals surface area (Å²) in [6.45, 7) is 1.41. The summed E-state index contributed by atoms with van der Waals surface area (Å²) in [7, 11) is 0. The van der Waals surface area contributed by atoms with Gasteiger partial charge in [-0.3, -0.25) is 19.7 Å². The van der Waals surface area contributed by atoms with Gasteiger partial charge in [-0.25, -0.2) is 0 Å². The minimum absolute atomic E-state index is 0.0838. The van der Waals surface area contributed by atoms with E-state index >= 15 is 0 Å². The van der Waals surface area contributed by atoms with E-state index in [1.54, 1.807) is 0 Å². The number of amides is 1. The molecule has 0 unspecified atom stereocenters. The number of phenols is 1. The number of nitro benzene ring substituents is 1. The molecule has 0 heterocycles. The van der Waals surface area contributed by atoms with Crippen molar-refractivity contribution in [2.45, 2.75) is 6.92 Å². The number of benzene rings is 1. The third kappa shape index (κ3) is 3.81. The van der Waals surface area contributed by atoms with Gasteiger partial charge < -0.3 is 10.4 Å². The van der Waals surface area contributed by atoms with Gasteiger partial charge in [0.2, 0.25) is 11.7 Å². The molecular formula is C12H10N2O5. The number of carbonyl (C=O) groups is 2. The molecule has 98 valence electrons. The summed E-state index contributed by atoms with van der Waals surface area (Å²) in [5, 5.41) is 22.6. The number of carbonyl (C=O) groups excluding carboxylic acids is 2. The molecule has 0 bridgehead atoms. The van der Waals surface area contributed by atoms with Gasteiger partial charge in [0.15, 0.2) is 6.29 Å². The zero-order chi connectivity index (χ0) is 14.4. The van der Waals surface area contributed by atoms with E-state index in [9.17, 15) is 24.8 Å². The third-order valence-corrected chi connectivity index (χ3v) is 2.10. The highest BCUT2D eigenvalue weighted by molar-refractivity contribution is 5.83. The maximum absolute atomic E-state index is 10.7. The van der Waals surface area contributed by atoms with E-state index in [-0.39, 0.29) is 23.6 Å². The van der Waals surface area contributed by atoms with Crippen LogP contribution in [0, 0.1) is 22.0 Å². The first-order valence-corrected chi connectivity index (χ1v) is 5.15. The molecule has 1 aromatic rings. The molecule has 0 spiro atoms. The fourth-order valence-corrected chi connectivity index (χ4v) is 1.26. The predicted molar refractivity (Wildman–Crippen MR) is 65.7 cm³/mol. The van der Waals surface area contributed by atoms with Gasteiger partial charge in [-0.1, -0.05) is 11.8 Å². The second-order valence-electron chi connectivity index (χ2n) is 3.52. The lowest BCUT2D eigenvalue weighted by Gasteiger charge is -2.00. The number of nitrogens with zero attached hydrogens (tertiary/aromatic N) is 1. The molecule has 0 aliphatic carbocycles. The molecular weight excluding hydrogens is 252 g/mol. The summed E-state index contributed by atoms with van der Waals surface area (Å²) >= 11 is 0. The Balaban J connectivity index is 3.08. The predicted octanol–water partition coefficient (Wildman–Crippen LogP) is 0.601. The van der Waals surface area contributed by atoms with Gasteiger partial charge >= 0.3 is 5.69 Å². The fraction of sp³-hybridized carbons (Fsp3) is 0.167. The largest absolute Gasteiger partial charge is 0.502 e. The second-order valence-corrected chi connectivity index (χ2v) is 3.52. The van der Waals surface area contributed by atoms with Crippen molar-refractivity contribution in [2.24, 2.45) is 0 Å². The van der Waals surface area contributed by atoms with Gasteiger partial charge in [0.05, 0.1) is 17.0 Å². The smallest absolute Gasteiger partial charge is 0.312 e.